The molecule has 2 aliphatic carbocycles. The van der Waals surface area contributed by atoms with E-state index in [0.717, 1.165) is 29.6 Å². The van der Waals surface area contributed by atoms with Gasteiger partial charge in [0.1, 0.15) is 5.60 Å². The van der Waals surface area contributed by atoms with E-state index in [1.54, 1.807) is 11.6 Å². The highest BCUT2D eigenvalue weighted by atomic mass is 16.3. The largest absolute Gasteiger partial charge is 0.380 e. The predicted octanol–water partition coefficient (Wildman–Crippen LogP) is 2.31. The number of hydrogen-bond donors (Lipinski definition) is 1. The van der Waals surface area contributed by atoms with Crippen molar-refractivity contribution in [2.45, 2.75) is 64.6 Å². The van der Waals surface area contributed by atoms with Gasteiger partial charge in [0.25, 0.3) is 5.91 Å². The highest BCUT2D eigenvalue weighted by Gasteiger charge is 2.53. The Morgan fingerprint density at radius 3 is 2.60 bits per heavy atom. The monoisotopic (exact) mass is 410 g/mol. The molecule has 0 aromatic carbocycles. The molecule has 2 bridgehead atoms. The molecule has 7 heteroatoms. The van der Waals surface area contributed by atoms with Crippen LogP contribution in [0.15, 0.2) is 23.0 Å². The Labute approximate surface area is 176 Å². The second kappa shape index (κ2) is 6.30. The molecule has 7 nitrogen and oxygen atoms in total. The molecule has 1 saturated heterocycles. The van der Waals surface area contributed by atoms with Crippen molar-refractivity contribution in [1.29, 1.82) is 0 Å². The Morgan fingerprint density at radius 1 is 1.27 bits per heavy atom. The number of aliphatic hydroxyl groups is 1. The molecule has 1 N–H and O–H groups in total. The van der Waals surface area contributed by atoms with E-state index in [1.165, 1.54) is 0 Å². The molecular formula is C23H30N4O3. The number of amides is 1. The number of aromatic nitrogens is 3. The maximum Gasteiger partial charge on any atom is 0.330 e. The van der Waals surface area contributed by atoms with E-state index in [1.807, 2.05) is 21.6 Å². The minimum absolute atomic E-state index is 0.0105. The summed E-state index contributed by atoms with van der Waals surface area (Å²) in [5.74, 6) is 0.109. The summed E-state index contributed by atoms with van der Waals surface area (Å²) in [6.07, 6.45) is 5.25. The van der Waals surface area contributed by atoms with E-state index >= 15 is 0 Å². The van der Waals surface area contributed by atoms with Gasteiger partial charge in [0, 0.05) is 26.1 Å². The molecule has 2 aliphatic heterocycles. The van der Waals surface area contributed by atoms with E-state index in [-0.39, 0.29) is 29.0 Å². The van der Waals surface area contributed by atoms with Crippen LogP contribution < -0.4 is 5.69 Å². The maximum atomic E-state index is 12.8. The number of rotatable bonds is 3. The molecule has 30 heavy (non-hydrogen) atoms. The van der Waals surface area contributed by atoms with Gasteiger partial charge in [0.15, 0.2) is 5.65 Å². The van der Waals surface area contributed by atoms with Gasteiger partial charge in [-0.3, -0.25) is 13.9 Å². The number of nitrogens with zero attached hydrogens (tertiary/aromatic N) is 4. The molecule has 2 unspecified atom stereocenters. The van der Waals surface area contributed by atoms with Crippen molar-refractivity contribution in [2.24, 2.45) is 18.4 Å². The molecule has 1 amide bonds. The zero-order chi connectivity index (χ0) is 21.4. The fourth-order valence-corrected chi connectivity index (χ4v) is 4.95. The number of fused-ring (bicyclic) bond motifs is 3. The number of pyridine rings is 1. The summed E-state index contributed by atoms with van der Waals surface area (Å²) < 4.78 is 3.44. The zero-order valence-corrected chi connectivity index (χ0v) is 18.2. The Bertz CT molecular complexity index is 1130. The Morgan fingerprint density at radius 2 is 2.00 bits per heavy atom. The first-order chi connectivity index (χ1) is 14.1. The van der Waals surface area contributed by atoms with Crippen LogP contribution >= 0.6 is 0 Å². The smallest absolute Gasteiger partial charge is 0.330 e. The van der Waals surface area contributed by atoms with Crippen molar-refractivity contribution in [2.75, 3.05) is 6.54 Å². The molecule has 2 aromatic rings. The van der Waals surface area contributed by atoms with Crippen molar-refractivity contribution < 1.29 is 9.90 Å². The lowest BCUT2D eigenvalue weighted by molar-refractivity contribution is -0.146. The second-order valence-electron chi connectivity index (χ2n) is 10.5. The Hall–Kier alpha value is -2.41. The standard InChI is InChI=1S/C23H30N4O3/c1-22(2,3)13-27-18-8-7-17(24-19(18)25(4)21(27)29)16-11-15-6-5-14(16)12-26(15)20(28)23(30)9-10-23/h7-8,11,14-15,30H,5-6,9-10,12-13H2,1-4H3. The van der Waals surface area contributed by atoms with Crippen LogP contribution in [-0.2, 0) is 18.4 Å². The number of aryl methyl sites for hydroxylation is 1. The predicted molar refractivity (Wildman–Crippen MR) is 115 cm³/mol. The van der Waals surface area contributed by atoms with Gasteiger partial charge in [-0.2, -0.15) is 0 Å². The van der Waals surface area contributed by atoms with Gasteiger partial charge in [0.05, 0.1) is 17.3 Å². The molecule has 0 spiro atoms. The van der Waals surface area contributed by atoms with Crippen LogP contribution in [0.2, 0.25) is 0 Å². The molecule has 4 heterocycles. The first-order valence-corrected chi connectivity index (χ1v) is 10.9. The van der Waals surface area contributed by atoms with Gasteiger partial charge in [-0.15, -0.1) is 0 Å². The zero-order valence-electron chi connectivity index (χ0n) is 18.2. The summed E-state index contributed by atoms with van der Waals surface area (Å²) in [5, 5.41) is 10.3. The summed E-state index contributed by atoms with van der Waals surface area (Å²) in [5.41, 5.74) is 2.44. The molecule has 0 radical (unpaired) electrons. The van der Waals surface area contributed by atoms with Gasteiger partial charge in [-0.25, -0.2) is 9.78 Å². The first kappa shape index (κ1) is 19.5. The lowest BCUT2D eigenvalue weighted by Crippen LogP contribution is -2.53. The lowest BCUT2D eigenvalue weighted by Gasteiger charge is -2.45. The van der Waals surface area contributed by atoms with E-state index in [4.69, 9.17) is 4.98 Å². The highest BCUT2D eigenvalue weighted by molar-refractivity contribution is 5.89. The average Bonchev–Trinajstić information content (AvgIpc) is 3.43. The van der Waals surface area contributed by atoms with Gasteiger partial charge < -0.3 is 10.0 Å². The number of carbonyl (C=O) groups excluding carboxylic acids is 1. The molecule has 2 aromatic heterocycles. The summed E-state index contributed by atoms with van der Waals surface area (Å²) in [6, 6.07) is 4.03. The van der Waals surface area contributed by atoms with Crippen LogP contribution in [0.3, 0.4) is 0 Å². The third kappa shape index (κ3) is 3.02. The molecule has 4 aliphatic rings. The van der Waals surface area contributed by atoms with Crippen molar-refractivity contribution in [3.8, 4) is 0 Å². The highest BCUT2D eigenvalue weighted by Crippen LogP contribution is 2.44. The summed E-state index contributed by atoms with van der Waals surface area (Å²) in [7, 11) is 1.78. The molecule has 1 saturated carbocycles. The molecular weight excluding hydrogens is 380 g/mol. The van der Waals surface area contributed by atoms with Gasteiger partial charge in [-0.1, -0.05) is 26.8 Å². The maximum absolute atomic E-state index is 12.8. The van der Waals surface area contributed by atoms with Crippen LogP contribution in [0, 0.1) is 11.3 Å². The Balaban J connectivity index is 1.51. The normalized spacial score (nSPS) is 25.0. The summed E-state index contributed by atoms with van der Waals surface area (Å²) in [4.78, 5) is 32.2. The van der Waals surface area contributed by atoms with Crippen molar-refractivity contribution in [3.05, 3.63) is 34.4 Å². The van der Waals surface area contributed by atoms with Crippen LogP contribution in [-0.4, -0.2) is 48.2 Å². The SMILES string of the molecule is Cn1c(=O)n(CC(C)(C)C)c2ccc(C3=CC4CCC3CN4C(=O)C3(O)CC3)nc21. The summed E-state index contributed by atoms with van der Waals surface area (Å²) in [6.45, 7) is 7.64. The third-order valence-electron chi connectivity index (χ3n) is 6.73. The minimum atomic E-state index is -1.11. The van der Waals surface area contributed by atoms with Crippen molar-refractivity contribution >= 4 is 22.6 Å². The minimum Gasteiger partial charge on any atom is -0.380 e. The summed E-state index contributed by atoms with van der Waals surface area (Å²) >= 11 is 0. The van der Waals surface area contributed by atoms with Crippen molar-refractivity contribution in [1.82, 2.24) is 19.0 Å². The second-order valence-corrected chi connectivity index (χ2v) is 10.5. The van der Waals surface area contributed by atoms with Crippen LogP contribution in [0.25, 0.3) is 16.7 Å². The lowest BCUT2D eigenvalue weighted by atomic mass is 9.78. The van der Waals surface area contributed by atoms with Gasteiger partial charge >= 0.3 is 5.69 Å². The van der Waals surface area contributed by atoms with E-state index in [0.29, 0.717) is 31.6 Å². The Kier molecular flexibility index (Phi) is 4.10. The number of carbonyl (C=O) groups is 1. The molecule has 2 fully saturated rings. The fourth-order valence-electron chi connectivity index (χ4n) is 4.95. The third-order valence-corrected chi connectivity index (χ3v) is 6.73. The van der Waals surface area contributed by atoms with Crippen LogP contribution in [0.5, 0.6) is 0 Å². The number of hydrogen-bond acceptors (Lipinski definition) is 4. The van der Waals surface area contributed by atoms with Gasteiger partial charge in [0.2, 0.25) is 0 Å². The number of imidazole rings is 1. The van der Waals surface area contributed by atoms with Gasteiger partial charge in [-0.05, 0) is 48.8 Å². The molecule has 6 rings (SSSR count). The first-order valence-electron chi connectivity index (χ1n) is 10.9. The van der Waals surface area contributed by atoms with E-state index < -0.39 is 5.60 Å². The van der Waals surface area contributed by atoms with Crippen LogP contribution in [0.1, 0.15) is 52.1 Å². The van der Waals surface area contributed by atoms with E-state index in [9.17, 15) is 14.7 Å². The topological polar surface area (TPSA) is 80.4 Å². The van der Waals surface area contributed by atoms with Crippen molar-refractivity contribution in [3.63, 3.8) is 0 Å². The van der Waals surface area contributed by atoms with Crippen LogP contribution in [0.4, 0.5) is 0 Å². The molecule has 2 atom stereocenters. The van der Waals surface area contributed by atoms with E-state index in [2.05, 4.69) is 26.8 Å². The average molecular weight is 411 g/mol. The quantitative estimate of drug-likeness (QED) is 0.842. The number of piperidine rings is 1. The fraction of sp³-hybridized carbons (Fsp3) is 0.609. The molecule has 160 valence electrons.